The molecule has 106 valence electrons. The van der Waals surface area contributed by atoms with E-state index in [4.69, 9.17) is 0 Å². The summed E-state index contributed by atoms with van der Waals surface area (Å²) in [6.07, 6.45) is 3.84. The minimum absolute atomic E-state index is 0.536. The first-order valence-corrected chi connectivity index (χ1v) is 7.80. The lowest BCUT2D eigenvalue weighted by molar-refractivity contribution is 0.0772. The molecule has 2 rings (SSSR count). The second-order valence-electron chi connectivity index (χ2n) is 5.78. The highest BCUT2D eigenvalue weighted by atomic mass is 15.3. The smallest absolute Gasteiger partial charge is 0.0476 e. The molecule has 0 amide bonds. The Morgan fingerprint density at radius 1 is 1.26 bits per heavy atom. The maximum Gasteiger partial charge on any atom is 0.0476 e. The molecule has 1 aliphatic rings. The van der Waals surface area contributed by atoms with Gasteiger partial charge in [0.05, 0.1) is 0 Å². The first-order chi connectivity index (χ1) is 9.26. The number of nitrogens with one attached hydrogen (secondary N) is 1. The van der Waals surface area contributed by atoms with Crippen LogP contribution in [0.2, 0.25) is 0 Å². The molecule has 1 heterocycles. The fourth-order valence-corrected chi connectivity index (χ4v) is 3.26. The molecule has 0 aliphatic carbocycles. The van der Waals surface area contributed by atoms with Crippen molar-refractivity contribution in [3.8, 4) is 0 Å². The molecular formula is C17H28N2. The van der Waals surface area contributed by atoms with Crippen LogP contribution < -0.4 is 5.32 Å². The van der Waals surface area contributed by atoms with Gasteiger partial charge in [-0.3, -0.25) is 4.90 Å². The van der Waals surface area contributed by atoms with Crippen LogP contribution in [0.15, 0.2) is 30.3 Å². The summed E-state index contributed by atoms with van der Waals surface area (Å²) in [4.78, 5) is 2.74. The van der Waals surface area contributed by atoms with Crippen molar-refractivity contribution in [3.63, 3.8) is 0 Å². The summed E-state index contributed by atoms with van der Waals surface area (Å²) in [5, 5.41) is 3.64. The summed E-state index contributed by atoms with van der Waals surface area (Å²) in [6.45, 7) is 9.16. The third-order valence-corrected chi connectivity index (χ3v) is 4.29. The Kier molecular flexibility index (Phi) is 5.41. The Balaban J connectivity index is 2.19. The van der Waals surface area contributed by atoms with Gasteiger partial charge in [-0.25, -0.2) is 0 Å². The van der Waals surface area contributed by atoms with E-state index in [1.807, 2.05) is 0 Å². The van der Waals surface area contributed by atoms with Crippen LogP contribution in [0.5, 0.6) is 0 Å². The normalized spacial score (nSPS) is 26.3. The fourth-order valence-electron chi connectivity index (χ4n) is 3.26. The lowest BCUT2D eigenvalue weighted by Gasteiger charge is -2.44. The Morgan fingerprint density at radius 2 is 2.00 bits per heavy atom. The molecule has 0 radical (unpaired) electrons. The highest BCUT2D eigenvalue weighted by Gasteiger charge is 2.30. The fraction of sp³-hybridized carbons (Fsp3) is 0.647. The highest BCUT2D eigenvalue weighted by Crippen LogP contribution is 2.28. The largest absolute Gasteiger partial charge is 0.311 e. The number of rotatable bonds is 5. The summed E-state index contributed by atoms with van der Waals surface area (Å²) in [5.74, 6) is 0. The van der Waals surface area contributed by atoms with Crippen molar-refractivity contribution in [1.29, 1.82) is 0 Å². The minimum Gasteiger partial charge on any atom is -0.311 e. The molecule has 1 N–H and O–H groups in total. The summed E-state index contributed by atoms with van der Waals surface area (Å²) in [7, 11) is 0. The third kappa shape index (κ3) is 3.58. The molecule has 2 nitrogen and oxygen atoms in total. The molecular weight excluding hydrogens is 232 g/mol. The Bertz CT molecular complexity index is 363. The van der Waals surface area contributed by atoms with Crippen LogP contribution in [0.4, 0.5) is 0 Å². The van der Waals surface area contributed by atoms with Crippen LogP contribution in [0.1, 0.15) is 51.6 Å². The second kappa shape index (κ2) is 7.06. The third-order valence-electron chi connectivity index (χ3n) is 4.29. The Hall–Kier alpha value is -0.860. The molecule has 0 saturated carbocycles. The number of piperazine rings is 1. The SMILES string of the molecule is CCCC(CC)N1CC(C)NCC1c1ccccc1. The molecule has 1 aromatic rings. The first kappa shape index (κ1) is 14.5. The molecule has 2 heteroatoms. The first-order valence-electron chi connectivity index (χ1n) is 7.80. The van der Waals surface area contributed by atoms with Gasteiger partial charge in [0.1, 0.15) is 0 Å². The topological polar surface area (TPSA) is 15.3 Å². The zero-order valence-corrected chi connectivity index (χ0v) is 12.6. The minimum atomic E-state index is 0.536. The highest BCUT2D eigenvalue weighted by molar-refractivity contribution is 5.20. The van der Waals surface area contributed by atoms with Gasteiger partial charge in [-0.15, -0.1) is 0 Å². The van der Waals surface area contributed by atoms with Gasteiger partial charge in [0.25, 0.3) is 0 Å². The van der Waals surface area contributed by atoms with Gasteiger partial charge in [-0.1, -0.05) is 50.6 Å². The lowest BCUT2D eigenvalue weighted by Crippen LogP contribution is -2.54. The van der Waals surface area contributed by atoms with Crippen molar-refractivity contribution in [3.05, 3.63) is 35.9 Å². The van der Waals surface area contributed by atoms with Crippen LogP contribution in [-0.4, -0.2) is 30.1 Å². The van der Waals surface area contributed by atoms with Crippen LogP contribution in [0.3, 0.4) is 0 Å². The average molecular weight is 260 g/mol. The summed E-state index contributed by atoms with van der Waals surface area (Å²) >= 11 is 0. The van der Waals surface area contributed by atoms with Crippen molar-refractivity contribution < 1.29 is 0 Å². The molecule has 3 atom stereocenters. The van der Waals surface area contributed by atoms with E-state index in [2.05, 4.69) is 61.3 Å². The van der Waals surface area contributed by atoms with E-state index in [1.54, 1.807) is 0 Å². The summed E-state index contributed by atoms with van der Waals surface area (Å²) in [5.41, 5.74) is 1.46. The van der Waals surface area contributed by atoms with E-state index in [0.717, 1.165) is 19.1 Å². The zero-order chi connectivity index (χ0) is 13.7. The van der Waals surface area contributed by atoms with Gasteiger partial charge < -0.3 is 5.32 Å². The van der Waals surface area contributed by atoms with Gasteiger partial charge in [0, 0.05) is 31.2 Å². The number of hydrogen-bond donors (Lipinski definition) is 1. The van der Waals surface area contributed by atoms with Gasteiger partial charge in [0.2, 0.25) is 0 Å². The van der Waals surface area contributed by atoms with Crippen LogP contribution >= 0.6 is 0 Å². The average Bonchev–Trinajstić information content (AvgIpc) is 2.45. The quantitative estimate of drug-likeness (QED) is 0.870. The van der Waals surface area contributed by atoms with Gasteiger partial charge in [-0.05, 0) is 25.3 Å². The van der Waals surface area contributed by atoms with Crippen molar-refractivity contribution in [2.45, 2.75) is 58.2 Å². The molecule has 1 saturated heterocycles. The van der Waals surface area contributed by atoms with E-state index < -0.39 is 0 Å². The van der Waals surface area contributed by atoms with Crippen molar-refractivity contribution in [2.75, 3.05) is 13.1 Å². The Morgan fingerprint density at radius 3 is 2.63 bits per heavy atom. The molecule has 3 unspecified atom stereocenters. The van der Waals surface area contributed by atoms with Crippen LogP contribution in [-0.2, 0) is 0 Å². The Labute approximate surface area is 118 Å². The molecule has 0 spiro atoms. The van der Waals surface area contributed by atoms with Gasteiger partial charge >= 0.3 is 0 Å². The van der Waals surface area contributed by atoms with E-state index in [0.29, 0.717) is 12.1 Å². The number of benzene rings is 1. The lowest BCUT2D eigenvalue weighted by atomic mass is 9.96. The molecule has 1 aromatic carbocycles. The number of hydrogen-bond acceptors (Lipinski definition) is 2. The molecule has 0 bridgehead atoms. The van der Waals surface area contributed by atoms with E-state index in [1.165, 1.54) is 24.8 Å². The van der Waals surface area contributed by atoms with E-state index >= 15 is 0 Å². The predicted octanol–water partition coefficient (Wildman–Crippen LogP) is 3.60. The second-order valence-corrected chi connectivity index (χ2v) is 5.78. The summed E-state index contributed by atoms with van der Waals surface area (Å²) < 4.78 is 0. The number of nitrogens with zero attached hydrogens (tertiary/aromatic N) is 1. The van der Waals surface area contributed by atoms with E-state index in [-0.39, 0.29) is 0 Å². The van der Waals surface area contributed by atoms with Crippen molar-refractivity contribution >= 4 is 0 Å². The summed E-state index contributed by atoms with van der Waals surface area (Å²) in [6, 6.07) is 12.8. The predicted molar refractivity (Wildman–Crippen MR) is 82.3 cm³/mol. The van der Waals surface area contributed by atoms with Crippen molar-refractivity contribution in [2.24, 2.45) is 0 Å². The maximum atomic E-state index is 3.64. The van der Waals surface area contributed by atoms with E-state index in [9.17, 15) is 0 Å². The molecule has 0 aromatic heterocycles. The van der Waals surface area contributed by atoms with Crippen molar-refractivity contribution in [1.82, 2.24) is 10.2 Å². The van der Waals surface area contributed by atoms with Crippen LogP contribution in [0, 0.1) is 0 Å². The molecule has 19 heavy (non-hydrogen) atoms. The molecule has 1 aliphatic heterocycles. The monoisotopic (exact) mass is 260 g/mol. The van der Waals surface area contributed by atoms with Crippen LogP contribution in [0.25, 0.3) is 0 Å². The van der Waals surface area contributed by atoms with Gasteiger partial charge in [-0.2, -0.15) is 0 Å². The molecule has 1 fully saturated rings. The maximum absolute atomic E-state index is 3.64. The zero-order valence-electron chi connectivity index (χ0n) is 12.6. The van der Waals surface area contributed by atoms with Gasteiger partial charge in [0.15, 0.2) is 0 Å². The standard InChI is InChI=1S/C17H28N2/c1-4-9-16(5-2)19-13-14(3)18-12-17(19)15-10-7-6-8-11-15/h6-8,10-11,14,16-18H,4-5,9,12-13H2,1-3H3.